The summed E-state index contributed by atoms with van der Waals surface area (Å²) in [5.41, 5.74) is 2.27. The van der Waals surface area contributed by atoms with Gasteiger partial charge in [-0.3, -0.25) is 9.69 Å². The Morgan fingerprint density at radius 1 is 1.17 bits per heavy atom. The molecule has 0 radical (unpaired) electrons. The summed E-state index contributed by atoms with van der Waals surface area (Å²) < 4.78 is 0. The second kappa shape index (κ2) is 6.02. The molecule has 0 bridgehead atoms. The molecule has 2 atom stereocenters. The van der Waals surface area contributed by atoms with Gasteiger partial charge in [0, 0.05) is 55.1 Å². The lowest BCUT2D eigenvalue weighted by atomic mass is 9.92. The van der Waals surface area contributed by atoms with Crippen LogP contribution in [0.4, 0.5) is 0 Å². The molecule has 120 valence electrons. The number of fused-ring (bicyclic) bond motifs is 1. The number of nitrogens with one attached hydrogen (secondary N) is 1. The molecule has 3 heterocycles. The van der Waals surface area contributed by atoms with Crippen LogP contribution in [0.2, 0.25) is 5.02 Å². The van der Waals surface area contributed by atoms with Crippen molar-refractivity contribution in [2.45, 2.75) is 19.0 Å². The minimum atomic E-state index is 0.224. The Bertz CT molecular complexity index is 683. The number of carbonyl (C=O) groups excluding carboxylic acids is 1. The first kappa shape index (κ1) is 14.8. The minimum absolute atomic E-state index is 0.224. The van der Waals surface area contributed by atoms with Crippen LogP contribution >= 0.6 is 11.6 Å². The van der Waals surface area contributed by atoms with Crippen LogP contribution in [-0.4, -0.2) is 46.4 Å². The molecule has 1 aromatic carbocycles. The summed E-state index contributed by atoms with van der Waals surface area (Å²) in [4.78, 5) is 20.3. The number of hydrogen-bond donors (Lipinski definition) is 1. The smallest absolute Gasteiger partial charge is 0.227 e. The molecule has 4 rings (SSSR count). The van der Waals surface area contributed by atoms with E-state index in [2.05, 4.69) is 16.0 Å². The van der Waals surface area contributed by atoms with E-state index in [4.69, 9.17) is 11.6 Å². The Kier molecular flexibility index (Phi) is 3.87. The number of rotatable bonds is 4. The fourth-order valence-corrected chi connectivity index (χ4v) is 3.83. The van der Waals surface area contributed by atoms with Gasteiger partial charge < -0.3 is 9.88 Å². The zero-order chi connectivity index (χ0) is 15.8. The van der Waals surface area contributed by atoms with E-state index in [0.29, 0.717) is 23.4 Å². The van der Waals surface area contributed by atoms with Crippen LogP contribution < -0.4 is 0 Å². The molecule has 0 spiro atoms. The van der Waals surface area contributed by atoms with Crippen molar-refractivity contribution in [2.75, 3.05) is 19.6 Å². The van der Waals surface area contributed by atoms with E-state index in [0.717, 1.165) is 31.7 Å². The summed E-state index contributed by atoms with van der Waals surface area (Å²) in [6.07, 6.45) is 2.43. The maximum atomic E-state index is 12.5. The molecule has 1 N–H and O–H groups in total. The molecule has 2 fully saturated rings. The first-order valence-corrected chi connectivity index (χ1v) is 8.45. The molecule has 5 heteroatoms. The van der Waals surface area contributed by atoms with Crippen LogP contribution in [0.25, 0.3) is 0 Å². The maximum absolute atomic E-state index is 12.5. The number of hydrogen-bond acceptors (Lipinski definition) is 2. The van der Waals surface area contributed by atoms with Gasteiger partial charge >= 0.3 is 0 Å². The molecule has 0 unspecified atom stereocenters. The van der Waals surface area contributed by atoms with E-state index in [1.165, 1.54) is 5.69 Å². The third kappa shape index (κ3) is 3.01. The van der Waals surface area contributed by atoms with E-state index >= 15 is 0 Å². The first-order valence-electron chi connectivity index (χ1n) is 8.07. The van der Waals surface area contributed by atoms with E-state index in [1.807, 2.05) is 41.4 Å². The monoisotopic (exact) mass is 329 g/mol. The minimum Gasteiger partial charge on any atom is -0.364 e. The number of likely N-dealkylation sites (tertiary alicyclic amines) is 2. The van der Waals surface area contributed by atoms with Crippen LogP contribution in [0, 0.1) is 5.92 Å². The van der Waals surface area contributed by atoms with Gasteiger partial charge in [0.2, 0.25) is 5.91 Å². The molecule has 2 saturated heterocycles. The highest BCUT2D eigenvalue weighted by Crippen LogP contribution is 2.33. The molecule has 0 saturated carbocycles. The Morgan fingerprint density at radius 2 is 2.00 bits per heavy atom. The number of aromatic nitrogens is 1. The molecule has 1 aromatic heterocycles. The van der Waals surface area contributed by atoms with E-state index in [9.17, 15) is 4.79 Å². The van der Waals surface area contributed by atoms with Gasteiger partial charge in [-0.2, -0.15) is 0 Å². The lowest BCUT2D eigenvalue weighted by Gasteiger charge is -2.43. The van der Waals surface area contributed by atoms with Gasteiger partial charge in [0.15, 0.2) is 0 Å². The normalized spacial score (nSPS) is 23.6. The van der Waals surface area contributed by atoms with Gasteiger partial charge in [0.25, 0.3) is 0 Å². The van der Waals surface area contributed by atoms with E-state index in [-0.39, 0.29) is 5.91 Å². The highest BCUT2D eigenvalue weighted by Gasteiger charge is 2.46. The lowest BCUT2D eigenvalue weighted by Crippen LogP contribution is -2.54. The van der Waals surface area contributed by atoms with Gasteiger partial charge in [-0.25, -0.2) is 0 Å². The molecule has 0 aliphatic carbocycles. The lowest BCUT2D eigenvalue weighted by molar-refractivity contribution is -0.129. The fraction of sp³-hybridized carbons (Fsp3) is 0.389. The van der Waals surface area contributed by atoms with Crippen molar-refractivity contribution in [3.63, 3.8) is 0 Å². The van der Waals surface area contributed by atoms with E-state index < -0.39 is 0 Å². The van der Waals surface area contributed by atoms with Crippen molar-refractivity contribution in [3.8, 4) is 0 Å². The zero-order valence-corrected chi connectivity index (χ0v) is 13.7. The Balaban J connectivity index is 1.33. The number of carbonyl (C=O) groups is 1. The summed E-state index contributed by atoms with van der Waals surface area (Å²) in [7, 11) is 0. The predicted molar refractivity (Wildman–Crippen MR) is 90.2 cm³/mol. The highest BCUT2D eigenvalue weighted by molar-refractivity contribution is 6.30. The maximum Gasteiger partial charge on any atom is 0.227 e. The third-order valence-corrected chi connectivity index (χ3v) is 5.25. The summed E-state index contributed by atoms with van der Waals surface area (Å²) >= 11 is 5.89. The molecular formula is C18H20ClN3O. The van der Waals surface area contributed by atoms with Gasteiger partial charge in [-0.15, -0.1) is 0 Å². The molecule has 2 aromatic rings. The van der Waals surface area contributed by atoms with Crippen molar-refractivity contribution in [1.82, 2.24) is 14.8 Å². The molecule has 2 aliphatic rings. The van der Waals surface area contributed by atoms with E-state index in [1.54, 1.807) is 0 Å². The first-order chi connectivity index (χ1) is 11.2. The summed E-state index contributed by atoms with van der Waals surface area (Å²) in [5, 5.41) is 0.709. The van der Waals surface area contributed by atoms with Gasteiger partial charge in [0.1, 0.15) is 0 Å². The Labute approximate surface area is 141 Å². The average Bonchev–Trinajstić information content (AvgIpc) is 3.15. The van der Waals surface area contributed by atoms with Crippen molar-refractivity contribution in [2.24, 2.45) is 5.92 Å². The number of nitrogens with zero attached hydrogens (tertiary/aromatic N) is 2. The molecule has 2 aliphatic heterocycles. The Hall–Kier alpha value is -1.78. The van der Waals surface area contributed by atoms with Crippen molar-refractivity contribution in [3.05, 3.63) is 58.9 Å². The van der Waals surface area contributed by atoms with Crippen molar-refractivity contribution in [1.29, 1.82) is 0 Å². The SMILES string of the molecule is O=C(Cc1ccc(Cl)cc1)N1C[C@H]2CN(Cc3ccc[nH]3)[C@@H]2C1. The predicted octanol–water partition coefficient (Wildman–Crippen LogP) is 2.55. The van der Waals surface area contributed by atoms with Gasteiger partial charge in [0.05, 0.1) is 6.42 Å². The summed E-state index contributed by atoms with van der Waals surface area (Å²) in [6.45, 7) is 3.80. The zero-order valence-electron chi connectivity index (χ0n) is 12.9. The van der Waals surface area contributed by atoms with Crippen LogP contribution in [0.15, 0.2) is 42.6 Å². The summed E-state index contributed by atoms with van der Waals surface area (Å²) in [6, 6.07) is 12.2. The standard InChI is InChI=1S/C18H20ClN3O/c19-15-5-3-13(4-6-15)8-18(23)22-10-14-9-21(17(14)12-22)11-16-2-1-7-20-16/h1-7,14,17,20H,8-12H2/t14-,17-/m1/s1. The van der Waals surface area contributed by atoms with Crippen molar-refractivity contribution >= 4 is 17.5 Å². The van der Waals surface area contributed by atoms with Crippen molar-refractivity contribution < 1.29 is 4.79 Å². The van der Waals surface area contributed by atoms with Crippen LogP contribution in [0.5, 0.6) is 0 Å². The number of benzene rings is 1. The molecular weight excluding hydrogens is 310 g/mol. The molecule has 23 heavy (non-hydrogen) atoms. The largest absolute Gasteiger partial charge is 0.364 e. The van der Waals surface area contributed by atoms with Crippen LogP contribution in [-0.2, 0) is 17.8 Å². The topological polar surface area (TPSA) is 39.3 Å². The van der Waals surface area contributed by atoms with Crippen LogP contribution in [0.3, 0.4) is 0 Å². The molecule has 1 amide bonds. The third-order valence-electron chi connectivity index (χ3n) is 5.00. The fourth-order valence-electron chi connectivity index (χ4n) is 3.70. The highest BCUT2D eigenvalue weighted by atomic mass is 35.5. The Morgan fingerprint density at radius 3 is 2.74 bits per heavy atom. The van der Waals surface area contributed by atoms with Gasteiger partial charge in [-0.1, -0.05) is 23.7 Å². The average molecular weight is 330 g/mol. The van der Waals surface area contributed by atoms with Crippen LogP contribution in [0.1, 0.15) is 11.3 Å². The number of amides is 1. The van der Waals surface area contributed by atoms with Gasteiger partial charge in [-0.05, 0) is 29.8 Å². The quantitative estimate of drug-likeness (QED) is 0.936. The number of aromatic amines is 1. The number of halogens is 1. The second-order valence-corrected chi connectivity index (χ2v) is 6.99. The second-order valence-electron chi connectivity index (χ2n) is 6.55. The number of H-pyrrole nitrogens is 1. The summed E-state index contributed by atoms with van der Waals surface area (Å²) in [5.74, 6) is 0.862. The molecule has 4 nitrogen and oxygen atoms in total.